The Balaban J connectivity index is 1.92. The SMILES string of the molecule is CC(C)[C@@](C)(C#N)NC(=O)[C@@H](C)N1CCN(c2ccc(F)cc2)CC1. The van der Waals surface area contributed by atoms with Gasteiger partial charge in [0.15, 0.2) is 0 Å². The Bertz CT molecular complexity index is 632. The van der Waals surface area contributed by atoms with E-state index in [-0.39, 0.29) is 23.7 Å². The molecule has 0 aromatic heterocycles. The number of nitrogens with zero attached hydrogens (tertiary/aromatic N) is 3. The van der Waals surface area contributed by atoms with Crippen molar-refractivity contribution in [2.45, 2.75) is 39.3 Å². The maximum absolute atomic E-state index is 13.0. The fourth-order valence-electron chi connectivity index (χ4n) is 2.85. The highest BCUT2D eigenvalue weighted by Gasteiger charge is 2.33. The number of anilines is 1. The van der Waals surface area contributed by atoms with Crippen molar-refractivity contribution in [3.05, 3.63) is 30.1 Å². The molecule has 1 aromatic carbocycles. The van der Waals surface area contributed by atoms with Crippen LogP contribution in [0.15, 0.2) is 24.3 Å². The summed E-state index contributed by atoms with van der Waals surface area (Å²) in [6, 6.07) is 8.41. The molecule has 1 aliphatic heterocycles. The molecular weight excluding hydrogens is 319 g/mol. The van der Waals surface area contributed by atoms with Crippen LogP contribution in [0.1, 0.15) is 27.7 Å². The maximum Gasteiger partial charge on any atom is 0.238 e. The molecule has 1 aliphatic rings. The Morgan fingerprint density at radius 2 is 1.76 bits per heavy atom. The number of carbonyl (C=O) groups is 1. The predicted molar refractivity (Wildman–Crippen MR) is 96.6 cm³/mol. The first kappa shape index (κ1) is 19.2. The summed E-state index contributed by atoms with van der Waals surface area (Å²) >= 11 is 0. The number of rotatable bonds is 5. The summed E-state index contributed by atoms with van der Waals surface area (Å²) in [6.07, 6.45) is 0. The second-order valence-electron chi connectivity index (χ2n) is 7.13. The highest BCUT2D eigenvalue weighted by molar-refractivity contribution is 5.82. The van der Waals surface area contributed by atoms with Crippen LogP contribution >= 0.6 is 0 Å². The first-order valence-corrected chi connectivity index (χ1v) is 8.74. The van der Waals surface area contributed by atoms with E-state index in [0.717, 1.165) is 31.9 Å². The molecule has 1 fully saturated rings. The van der Waals surface area contributed by atoms with E-state index in [2.05, 4.69) is 21.2 Å². The monoisotopic (exact) mass is 346 g/mol. The van der Waals surface area contributed by atoms with Crippen molar-refractivity contribution in [1.82, 2.24) is 10.2 Å². The molecule has 1 aromatic rings. The lowest BCUT2D eigenvalue weighted by atomic mass is 9.89. The van der Waals surface area contributed by atoms with Gasteiger partial charge in [-0.05, 0) is 44.0 Å². The van der Waals surface area contributed by atoms with Gasteiger partial charge < -0.3 is 10.2 Å². The molecule has 0 aliphatic carbocycles. The molecule has 1 saturated heterocycles. The van der Waals surface area contributed by atoms with Gasteiger partial charge in [0.1, 0.15) is 11.4 Å². The first-order chi connectivity index (χ1) is 11.8. The van der Waals surface area contributed by atoms with Crippen LogP contribution < -0.4 is 10.2 Å². The van der Waals surface area contributed by atoms with Gasteiger partial charge in [0.2, 0.25) is 5.91 Å². The smallest absolute Gasteiger partial charge is 0.238 e. The van der Waals surface area contributed by atoms with Crippen LogP contribution in [-0.2, 0) is 4.79 Å². The van der Waals surface area contributed by atoms with E-state index in [0.29, 0.717) is 0 Å². The van der Waals surface area contributed by atoms with Crippen molar-refractivity contribution >= 4 is 11.6 Å². The molecule has 6 heteroatoms. The highest BCUT2D eigenvalue weighted by atomic mass is 19.1. The van der Waals surface area contributed by atoms with Crippen molar-refractivity contribution in [2.75, 3.05) is 31.1 Å². The second-order valence-corrected chi connectivity index (χ2v) is 7.13. The summed E-state index contributed by atoms with van der Waals surface area (Å²) in [5, 5.41) is 12.3. The first-order valence-electron chi connectivity index (χ1n) is 8.74. The van der Waals surface area contributed by atoms with E-state index in [1.807, 2.05) is 20.8 Å². The minimum absolute atomic E-state index is 0.0315. The Labute approximate surface area is 149 Å². The molecule has 0 spiro atoms. The van der Waals surface area contributed by atoms with Gasteiger partial charge in [0.05, 0.1) is 12.1 Å². The molecule has 0 unspecified atom stereocenters. The normalized spacial score (nSPS) is 19.2. The molecule has 2 atom stereocenters. The lowest BCUT2D eigenvalue weighted by Gasteiger charge is -2.39. The molecule has 25 heavy (non-hydrogen) atoms. The third-order valence-corrected chi connectivity index (χ3v) is 5.20. The van der Waals surface area contributed by atoms with Crippen molar-refractivity contribution in [2.24, 2.45) is 5.92 Å². The second kappa shape index (κ2) is 7.83. The van der Waals surface area contributed by atoms with Crippen molar-refractivity contribution in [3.63, 3.8) is 0 Å². The summed E-state index contributed by atoms with van der Waals surface area (Å²) < 4.78 is 13.0. The molecule has 0 saturated carbocycles. The summed E-state index contributed by atoms with van der Waals surface area (Å²) in [6.45, 7) is 10.5. The Hall–Kier alpha value is -2.13. The van der Waals surface area contributed by atoms with Gasteiger partial charge in [-0.3, -0.25) is 9.69 Å². The standard InChI is InChI=1S/C19H27FN4O/c1-14(2)19(4,13-21)22-18(25)15(3)23-9-11-24(12-10-23)17-7-5-16(20)6-8-17/h5-8,14-15H,9-12H2,1-4H3,(H,22,25)/t15-,19-/m1/s1. The zero-order valence-corrected chi connectivity index (χ0v) is 15.4. The third-order valence-electron chi connectivity index (χ3n) is 5.20. The number of amides is 1. The predicted octanol–water partition coefficient (Wildman–Crippen LogP) is 2.39. The van der Waals surface area contributed by atoms with Gasteiger partial charge in [-0.25, -0.2) is 4.39 Å². The van der Waals surface area contributed by atoms with E-state index in [1.165, 1.54) is 12.1 Å². The topological polar surface area (TPSA) is 59.4 Å². The number of piperazine rings is 1. The number of hydrogen-bond acceptors (Lipinski definition) is 4. The molecule has 0 bridgehead atoms. The summed E-state index contributed by atoms with van der Waals surface area (Å²) in [7, 11) is 0. The lowest BCUT2D eigenvalue weighted by Crippen LogP contribution is -2.58. The molecule has 5 nitrogen and oxygen atoms in total. The minimum Gasteiger partial charge on any atom is -0.369 e. The van der Waals surface area contributed by atoms with Crippen LogP contribution in [0.25, 0.3) is 0 Å². The van der Waals surface area contributed by atoms with Gasteiger partial charge in [0.25, 0.3) is 0 Å². The van der Waals surface area contributed by atoms with E-state index >= 15 is 0 Å². The molecule has 1 N–H and O–H groups in total. The molecule has 2 rings (SSSR count). The van der Waals surface area contributed by atoms with Crippen LogP contribution in [-0.4, -0.2) is 48.6 Å². The fraction of sp³-hybridized carbons (Fsp3) is 0.579. The highest BCUT2D eigenvalue weighted by Crippen LogP contribution is 2.19. The number of nitriles is 1. The zero-order valence-electron chi connectivity index (χ0n) is 15.4. The number of benzene rings is 1. The van der Waals surface area contributed by atoms with Gasteiger partial charge >= 0.3 is 0 Å². The Kier molecular flexibility index (Phi) is 6.02. The van der Waals surface area contributed by atoms with E-state index < -0.39 is 5.54 Å². The van der Waals surface area contributed by atoms with Crippen LogP contribution in [0.5, 0.6) is 0 Å². The van der Waals surface area contributed by atoms with Gasteiger partial charge in [-0.2, -0.15) is 5.26 Å². The van der Waals surface area contributed by atoms with E-state index in [1.54, 1.807) is 19.1 Å². The largest absolute Gasteiger partial charge is 0.369 e. The maximum atomic E-state index is 13.0. The van der Waals surface area contributed by atoms with Gasteiger partial charge in [-0.1, -0.05) is 13.8 Å². The van der Waals surface area contributed by atoms with Crippen LogP contribution in [0.3, 0.4) is 0 Å². The summed E-state index contributed by atoms with van der Waals surface area (Å²) in [5.41, 5.74) is 0.136. The van der Waals surface area contributed by atoms with Crippen LogP contribution in [0, 0.1) is 23.1 Å². The van der Waals surface area contributed by atoms with Gasteiger partial charge in [-0.15, -0.1) is 0 Å². The number of nitrogens with one attached hydrogen (secondary N) is 1. The average molecular weight is 346 g/mol. The zero-order chi connectivity index (χ0) is 18.6. The van der Waals surface area contributed by atoms with Crippen LogP contribution in [0.4, 0.5) is 10.1 Å². The average Bonchev–Trinajstić information content (AvgIpc) is 2.61. The molecule has 0 radical (unpaired) electrons. The lowest BCUT2D eigenvalue weighted by molar-refractivity contribution is -0.127. The van der Waals surface area contributed by atoms with Crippen molar-refractivity contribution in [3.8, 4) is 6.07 Å². The summed E-state index contributed by atoms with van der Waals surface area (Å²) in [5.74, 6) is -0.324. The quantitative estimate of drug-likeness (QED) is 0.889. The Morgan fingerprint density at radius 3 is 2.24 bits per heavy atom. The molecule has 136 valence electrons. The molecule has 1 heterocycles. The van der Waals surface area contributed by atoms with E-state index in [4.69, 9.17) is 0 Å². The third kappa shape index (κ3) is 4.49. The minimum atomic E-state index is -0.860. The summed E-state index contributed by atoms with van der Waals surface area (Å²) in [4.78, 5) is 16.9. The number of hydrogen-bond donors (Lipinski definition) is 1. The molecule has 1 amide bonds. The van der Waals surface area contributed by atoms with Gasteiger partial charge in [0, 0.05) is 31.9 Å². The van der Waals surface area contributed by atoms with Crippen molar-refractivity contribution < 1.29 is 9.18 Å². The fourth-order valence-corrected chi connectivity index (χ4v) is 2.85. The van der Waals surface area contributed by atoms with E-state index in [9.17, 15) is 14.4 Å². The van der Waals surface area contributed by atoms with Crippen LogP contribution in [0.2, 0.25) is 0 Å². The van der Waals surface area contributed by atoms with Crippen molar-refractivity contribution in [1.29, 1.82) is 5.26 Å². The molecular formula is C19H27FN4O. The number of halogens is 1. The Morgan fingerprint density at radius 1 is 1.20 bits per heavy atom. The number of carbonyl (C=O) groups excluding carboxylic acids is 1.